The normalized spacial score (nSPS) is 15.4. The van der Waals surface area contributed by atoms with Gasteiger partial charge in [-0.1, -0.05) is 30.3 Å². The van der Waals surface area contributed by atoms with Gasteiger partial charge >= 0.3 is 0 Å². The highest BCUT2D eigenvalue weighted by Gasteiger charge is 2.23. The molecule has 1 atom stereocenters. The summed E-state index contributed by atoms with van der Waals surface area (Å²) in [5.41, 5.74) is -0.659. The van der Waals surface area contributed by atoms with Crippen LogP contribution in [-0.2, 0) is 20.8 Å². The van der Waals surface area contributed by atoms with Gasteiger partial charge in [0.15, 0.2) is 0 Å². The second-order valence-electron chi connectivity index (χ2n) is 3.14. The molecule has 0 saturated carbocycles. The lowest BCUT2D eigenvalue weighted by atomic mass is 9.97. The third-order valence-corrected chi connectivity index (χ3v) is 2.19. The van der Waals surface area contributed by atoms with Crippen LogP contribution in [0.15, 0.2) is 30.3 Å². The van der Waals surface area contributed by atoms with E-state index in [1.54, 1.807) is 24.3 Å². The minimum atomic E-state index is -2.92. The summed E-state index contributed by atoms with van der Waals surface area (Å²) in [7, 11) is -2.92. The first-order valence-corrected chi connectivity index (χ1v) is 5.17. The van der Waals surface area contributed by atoms with Crippen molar-refractivity contribution in [3.63, 3.8) is 0 Å². The number of rotatable bonds is 4. The quantitative estimate of drug-likeness (QED) is 0.717. The molecule has 14 heavy (non-hydrogen) atoms. The van der Waals surface area contributed by atoms with E-state index in [2.05, 4.69) is 4.18 Å². The molecule has 1 aromatic carbocycles. The van der Waals surface area contributed by atoms with Crippen molar-refractivity contribution in [2.45, 2.75) is 12.5 Å². The van der Waals surface area contributed by atoms with Crippen molar-refractivity contribution in [3.05, 3.63) is 35.9 Å². The third kappa shape index (κ3) is 3.10. The smallest absolute Gasteiger partial charge is 0.257 e. The molecule has 0 saturated heterocycles. The van der Waals surface area contributed by atoms with Crippen molar-refractivity contribution in [2.24, 2.45) is 0 Å². The van der Waals surface area contributed by atoms with E-state index in [-0.39, 0.29) is 6.61 Å². The zero-order valence-corrected chi connectivity index (χ0v) is 8.61. The minimum absolute atomic E-state index is 0.268. The van der Waals surface area contributed by atoms with Crippen LogP contribution in [0, 0.1) is 0 Å². The third-order valence-electron chi connectivity index (χ3n) is 1.85. The second kappa shape index (κ2) is 4.54. The molecule has 4 nitrogen and oxygen atoms in total. The van der Waals surface area contributed by atoms with Crippen LogP contribution in [0.25, 0.3) is 0 Å². The summed E-state index contributed by atoms with van der Waals surface area (Å²) in [5.74, 6) is 0. The van der Waals surface area contributed by atoms with E-state index in [1.165, 1.54) is 6.92 Å². The van der Waals surface area contributed by atoms with Gasteiger partial charge in [0.2, 0.25) is 0 Å². The Kier molecular flexibility index (Phi) is 3.62. The standard InChI is InChI=1S/C9H12O4S/c1-9(10,7-13-14(11)12)8-5-3-2-4-6-8/h2-6,10,14H,7H2,1H3. The second-order valence-corrected chi connectivity index (χ2v) is 3.84. The van der Waals surface area contributed by atoms with Gasteiger partial charge in [-0.2, -0.15) is 0 Å². The number of aliphatic hydroxyl groups is 1. The Balaban J connectivity index is 2.75. The van der Waals surface area contributed by atoms with Crippen molar-refractivity contribution in [1.29, 1.82) is 0 Å². The van der Waals surface area contributed by atoms with Crippen LogP contribution in [-0.4, -0.2) is 20.1 Å². The fraction of sp³-hybridized carbons (Fsp3) is 0.333. The van der Waals surface area contributed by atoms with Gasteiger partial charge in [-0.15, -0.1) is 0 Å². The van der Waals surface area contributed by atoms with Crippen molar-refractivity contribution in [2.75, 3.05) is 6.61 Å². The molecule has 0 spiro atoms. The first kappa shape index (κ1) is 11.2. The summed E-state index contributed by atoms with van der Waals surface area (Å²) < 4.78 is 24.7. The lowest BCUT2D eigenvalue weighted by Gasteiger charge is -2.21. The van der Waals surface area contributed by atoms with Gasteiger partial charge in [0.05, 0.1) is 6.61 Å². The Morgan fingerprint density at radius 2 is 1.93 bits per heavy atom. The van der Waals surface area contributed by atoms with E-state index in [0.717, 1.165) is 0 Å². The first-order valence-electron chi connectivity index (χ1n) is 4.07. The Hall–Kier alpha value is -0.910. The molecule has 0 aliphatic rings. The largest absolute Gasteiger partial charge is 0.383 e. The Bertz CT molecular complexity index is 348. The maximum absolute atomic E-state index is 10.2. The van der Waals surface area contributed by atoms with Gasteiger partial charge in [-0.3, -0.25) is 4.18 Å². The van der Waals surface area contributed by atoms with Crippen molar-refractivity contribution < 1.29 is 17.7 Å². The average molecular weight is 216 g/mol. The molecule has 0 radical (unpaired) electrons. The molecule has 0 amide bonds. The number of thiol groups is 1. The van der Waals surface area contributed by atoms with E-state index >= 15 is 0 Å². The molecule has 0 aromatic heterocycles. The lowest BCUT2D eigenvalue weighted by Crippen LogP contribution is -2.27. The van der Waals surface area contributed by atoms with Gasteiger partial charge in [0.1, 0.15) is 5.60 Å². The summed E-state index contributed by atoms with van der Waals surface area (Å²) in [6.07, 6.45) is 0. The van der Waals surface area contributed by atoms with Crippen LogP contribution >= 0.6 is 0 Å². The highest BCUT2D eigenvalue weighted by molar-refractivity contribution is 7.67. The van der Waals surface area contributed by atoms with E-state index in [0.29, 0.717) is 5.56 Å². The van der Waals surface area contributed by atoms with Gasteiger partial charge in [0.25, 0.3) is 11.0 Å². The summed E-state index contributed by atoms with van der Waals surface area (Å²) in [5, 5.41) is 9.84. The fourth-order valence-corrected chi connectivity index (χ4v) is 1.42. The zero-order chi connectivity index (χ0) is 10.6. The maximum Gasteiger partial charge on any atom is 0.257 e. The highest BCUT2D eigenvalue weighted by atomic mass is 32.2. The predicted octanol–water partition coefficient (Wildman–Crippen LogP) is 0.437. The van der Waals surface area contributed by atoms with E-state index in [9.17, 15) is 13.5 Å². The molecule has 1 aromatic rings. The number of hydrogen-bond donors (Lipinski definition) is 2. The molecule has 1 N–H and O–H groups in total. The monoisotopic (exact) mass is 216 g/mol. The van der Waals surface area contributed by atoms with Crippen molar-refractivity contribution >= 4 is 11.0 Å². The molecule has 1 unspecified atom stereocenters. The Labute approximate surface area is 84.3 Å². The van der Waals surface area contributed by atoms with Crippen molar-refractivity contribution in [1.82, 2.24) is 0 Å². The molecular formula is C9H12O4S. The molecule has 0 heterocycles. The molecule has 0 bridgehead atoms. The van der Waals surface area contributed by atoms with Gasteiger partial charge in [-0.25, -0.2) is 8.42 Å². The van der Waals surface area contributed by atoms with Gasteiger partial charge < -0.3 is 5.11 Å². The van der Waals surface area contributed by atoms with E-state index in [1.807, 2.05) is 6.07 Å². The molecule has 0 fully saturated rings. The Morgan fingerprint density at radius 3 is 2.43 bits per heavy atom. The number of benzene rings is 1. The average Bonchev–Trinajstić information content (AvgIpc) is 2.16. The van der Waals surface area contributed by atoms with Crippen LogP contribution in [0.1, 0.15) is 12.5 Å². The van der Waals surface area contributed by atoms with Crippen LogP contribution in [0.4, 0.5) is 0 Å². The first-order chi connectivity index (χ1) is 6.52. The molecule has 0 aliphatic heterocycles. The summed E-state index contributed by atoms with van der Waals surface area (Å²) >= 11 is 0. The van der Waals surface area contributed by atoms with Crippen molar-refractivity contribution in [3.8, 4) is 0 Å². The maximum atomic E-state index is 10.2. The lowest BCUT2D eigenvalue weighted by molar-refractivity contribution is 0.0114. The zero-order valence-electron chi connectivity index (χ0n) is 7.71. The molecule has 0 aliphatic carbocycles. The van der Waals surface area contributed by atoms with Crippen LogP contribution in [0.2, 0.25) is 0 Å². The van der Waals surface area contributed by atoms with Gasteiger partial charge in [0, 0.05) is 0 Å². The minimum Gasteiger partial charge on any atom is -0.383 e. The van der Waals surface area contributed by atoms with Crippen LogP contribution < -0.4 is 0 Å². The Morgan fingerprint density at radius 1 is 1.36 bits per heavy atom. The van der Waals surface area contributed by atoms with Gasteiger partial charge in [-0.05, 0) is 12.5 Å². The van der Waals surface area contributed by atoms with Crippen LogP contribution in [0.3, 0.4) is 0 Å². The van der Waals surface area contributed by atoms with Crippen LogP contribution in [0.5, 0.6) is 0 Å². The topological polar surface area (TPSA) is 63.6 Å². The van der Waals surface area contributed by atoms with E-state index in [4.69, 9.17) is 0 Å². The fourth-order valence-electron chi connectivity index (χ4n) is 1.06. The molecule has 78 valence electrons. The van der Waals surface area contributed by atoms with E-state index < -0.39 is 16.6 Å². The molecular weight excluding hydrogens is 204 g/mol. The molecule has 5 heteroatoms. The number of hydrogen-bond acceptors (Lipinski definition) is 4. The summed E-state index contributed by atoms with van der Waals surface area (Å²) in [6.45, 7) is 1.23. The highest BCUT2D eigenvalue weighted by Crippen LogP contribution is 2.20. The molecule has 1 rings (SSSR count). The summed E-state index contributed by atoms with van der Waals surface area (Å²) in [4.78, 5) is 0. The summed E-state index contributed by atoms with van der Waals surface area (Å²) in [6, 6.07) is 8.76. The SMILES string of the molecule is CC(O)(CO[SH](=O)=O)c1ccccc1. The predicted molar refractivity (Wildman–Crippen MR) is 52.3 cm³/mol.